The second-order valence-corrected chi connectivity index (χ2v) is 5.58. The minimum absolute atomic E-state index is 0.320. The van der Waals surface area contributed by atoms with E-state index in [9.17, 15) is 4.79 Å². The van der Waals surface area contributed by atoms with Gasteiger partial charge in [-0.3, -0.25) is 0 Å². The van der Waals surface area contributed by atoms with Gasteiger partial charge in [-0.2, -0.15) is 0 Å². The summed E-state index contributed by atoms with van der Waals surface area (Å²) in [6.45, 7) is 1.77. The summed E-state index contributed by atoms with van der Waals surface area (Å²) in [5.74, 6) is -0.875. The molecule has 0 aromatic heterocycles. The van der Waals surface area contributed by atoms with Crippen molar-refractivity contribution in [1.82, 2.24) is 10.2 Å². The van der Waals surface area contributed by atoms with Crippen molar-refractivity contribution in [3.8, 4) is 0 Å². The lowest BCUT2D eigenvalue weighted by Gasteiger charge is -2.47. The molecule has 104 valence electrons. The van der Waals surface area contributed by atoms with Crippen LogP contribution < -0.4 is 5.32 Å². The van der Waals surface area contributed by atoms with Crippen LogP contribution in [0.5, 0.6) is 0 Å². The normalized spacial score (nSPS) is 17.2. The molecule has 4 heteroatoms. The number of likely N-dealkylation sites (N-methyl/N-ethyl adjacent to an activating group) is 1. The van der Waals surface area contributed by atoms with Crippen molar-refractivity contribution in [1.29, 1.82) is 0 Å². The first-order chi connectivity index (χ1) is 9.03. The van der Waals surface area contributed by atoms with Crippen LogP contribution in [0.3, 0.4) is 0 Å². The monoisotopic (exact) mass is 262 g/mol. The molecule has 0 amide bonds. The van der Waals surface area contributed by atoms with Crippen LogP contribution in [-0.4, -0.2) is 42.2 Å². The Balaban J connectivity index is 1.84. The molecule has 0 unspecified atom stereocenters. The maximum atomic E-state index is 10.8. The predicted molar refractivity (Wildman–Crippen MR) is 75.4 cm³/mol. The van der Waals surface area contributed by atoms with Gasteiger partial charge in [-0.05, 0) is 51.1 Å². The molecular formula is C15H22N2O2. The van der Waals surface area contributed by atoms with Crippen molar-refractivity contribution in [2.75, 3.05) is 20.6 Å². The topological polar surface area (TPSA) is 52.6 Å². The molecule has 19 heavy (non-hydrogen) atoms. The summed E-state index contributed by atoms with van der Waals surface area (Å²) in [7, 11) is 4.28. The van der Waals surface area contributed by atoms with E-state index in [2.05, 4.69) is 24.3 Å². The molecule has 1 aliphatic carbocycles. The molecule has 0 heterocycles. The first-order valence-electron chi connectivity index (χ1n) is 6.74. The van der Waals surface area contributed by atoms with Gasteiger partial charge in [0, 0.05) is 18.6 Å². The van der Waals surface area contributed by atoms with Crippen molar-refractivity contribution in [3.63, 3.8) is 0 Å². The van der Waals surface area contributed by atoms with Gasteiger partial charge in [0.1, 0.15) is 0 Å². The molecule has 0 atom stereocenters. The van der Waals surface area contributed by atoms with Crippen LogP contribution in [0.25, 0.3) is 0 Å². The summed E-state index contributed by atoms with van der Waals surface area (Å²) in [5, 5.41) is 12.3. The molecule has 1 aromatic rings. The van der Waals surface area contributed by atoms with Crippen LogP contribution in [0, 0.1) is 0 Å². The van der Waals surface area contributed by atoms with Crippen LogP contribution in [0.15, 0.2) is 24.3 Å². The fraction of sp³-hybridized carbons (Fsp3) is 0.533. The van der Waals surface area contributed by atoms with Gasteiger partial charge in [0.2, 0.25) is 0 Å². The summed E-state index contributed by atoms with van der Waals surface area (Å²) in [4.78, 5) is 13.1. The Hall–Kier alpha value is -1.39. The zero-order valence-corrected chi connectivity index (χ0v) is 11.6. The minimum Gasteiger partial charge on any atom is -0.478 e. The number of nitrogens with zero attached hydrogens (tertiary/aromatic N) is 1. The first-order valence-corrected chi connectivity index (χ1v) is 6.74. The quantitative estimate of drug-likeness (QED) is 0.823. The summed E-state index contributed by atoms with van der Waals surface area (Å²) >= 11 is 0. The second-order valence-electron chi connectivity index (χ2n) is 5.58. The minimum atomic E-state index is -0.875. The van der Waals surface area contributed by atoms with Crippen LogP contribution >= 0.6 is 0 Å². The average Bonchev–Trinajstić information content (AvgIpc) is 2.32. The van der Waals surface area contributed by atoms with Gasteiger partial charge >= 0.3 is 5.97 Å². The van der Waals surface area contributed by atoms with Gasteiger partial charge in [-0.1, -0.05) is 12.1 Å². The third-order valence-electron chi connectivity index (χ3n) is 4.22. The van der Waals surface area contributed by atoms with E-state index in [1.165, 1.54) is 19.3 Å². The molecular weight excluding hydrogens is 240 g/mol. The third-order valence-corrected chi connectivity index (χ3v) is 4.22. The van der Waals surface area contributed by atoms with Crippen molar-refractivity contribution in [2.45, 2.75) is 31.3 Å². The van der Waals surface area contributed by atoms with E-state index in [0.29, 0.717) is 11.1 Å². The second kappa shape index (κ2) is 5.72. The number of carboxylic acids is 1. The lowest BCUT2D eigenvalue weighted by molar-refractivity contribution is 0.0598. The number of hydrogen-bond acceptors (Lipinski definition) is 3. The highest BCUT2D eigenvalue weighted by Gasteiger charge is 2.38. The SMILES string of the molecule is CN(C)C1(CNCc2ccc(C(=O)O)cc2)CCC1. The molecule has 1 fully saturated rings. The number of nitrogens with one attached hydrogen (secondary N) is 1. The smallest absolute Gasteiger partial charge is 0.335 e. The summed E-state index contributed by atoms with van der Waals surface area (Å²) in [5.41, 5.74) is 1.78. The summed E-state index contributed by atoms with van der Waals surface area (Å²) in [6, 6.07) is 7.06. The lowest BCUT2D eigenvalue weighted by atomic mass is 9.75. The number of carbonyl (C=O) groups is 1. The van der Waals surface area contributed by atoms with E-state index in [1.807, 2.05) is 12.1 Å². The van der Waals surface area contributed by atoms with Crippen LogP contribution in [0.1, 0.15) is 35.2 Å². The Bertz CT molecular complexity index is 436. The van der Waals surface area contributed by atoms with E-state index in [4.69, 9.17) is 5.11 Å². The van der Waals surface area contributed by atoms with Gasteiger partial charge in [0.25, 0.3) is 0 Å². The van der Waals surface area contributed by atoms with Crippen LogP contribution in [-0.2, 0) is 6.54 Å². The molecule has 0 radical (unpaired) electrons. The van der Waals surface area contributed by atoms with E-state index in [-0.39, 0.29) is 0 Å². The fourth-order valence-corrected chi connectivity index (χ4v) is 2.57. The van der Waals surface area contributed by atoms with Crippen molar-refractivity contribution in [3.05, 3.63) is 35.4 Å². The zero-order valence-electron chi connectivity index (χ0n) is 11.6. The molecule has 2 N–H and O–H groups in total. The van der Waals surface area contributed by atoms with Crippen molar-refractivity contribution < 1.29 is 9.90 Å². The largest absolute Gasteiger partial charge is 0.478 e. The van der Waals surface area contributed by atoms with E-state index in [1.54, 1.807) is 12.1 Å². The van der Waals surface area contributed by atoms with Gasteiger partial charge in [-0.25, -0.2) is 4.79 Å². The Morgan fingerprint density at radius 1 is 1.32 bits per heavy atom. The highest BCUT2D eigenvalue weighted by atomic mass is 16.4. The molecule has 2 rings (SSSR count). The van der Waals surface area contributed by atoms with E-state index in [0.717, 1.165) is 18.7 Å². The summed E-state index contributed by atoms with van der Waals surface area (Å²) < 4.78 is 0. The fourth-order valence-electron chi connectivity index (χ4n) is 2.57. The van der Waals surface area contributed by atoms with Gasteiger partial charge < -0.3 is 15.3 Å². The highest BCUT2D eigenvalue weighted by Crippen LogP contribution is 2.35. The third kappa shape index (κ3) is 3.14. The molecule has 0 bridgehead atoms. The zero-order chi connectivity index (χ0) is 13.9. The molecule has 0 aliphatic heterocycles. The number of carboxylic acid groups (broad SMARTS) is 1. The van der Waals surface area contributed by atoms with Crippen LogP contribution in [0.4, 0.5) is 0 Å². The van der Waals surface area contributed by atoms with E-state index < -0.39 is 5.97 Å². The van der Waals surface area contributed by atoms with Gasteiger partial charge in [0.15, 0.2) is 0 Å². The highest BCUT2D eigenvalue weighted by molar-refractivity contribution is 5.87. The number of rotatable bonds is 6. The Kier molecular flexibility index (Phi) is 4.22. The molecule has 4 nitrogen and oxygen atoms in total. The number of benzene rings is 1. The molecule has 0 spiro atoms. The Labute approximate surface area is 114 Å². The molecule has 1 aromatic carbocycles. The average molecular weight is 262 g/mol. The standard InChI is InChI=1S/C15H22N2O2/c1-17(2)15(8-3-9-15)11-16-10-12-4-6-13(7-5-12)14(18)19/h4-7,16H,3,8-11H2,1-2H3,(H,18,19). The number of aromatic carboxylic acids is 1. The molecule has 1 aliphatic rings. The first kappa shape index (κ1) is 14.0. The number of hydrogen-bond donors (Lipinski definition) is 2. The Morgan fingerprint density at radius 3 is 2.37 bits per heavy atom. The Morgan fingerprint density at radius 2 is 1.95 bits per heavy atom. The van der Waals surface area contributed by atoms with E-state index >= 15 is 0 Å². The van der Waals surface area contributed by atoms with Crippen molar-refractivity contribution in [2.24, 2.45) is 0 Å². The van der Waals surface area contributed by atoms with Crippen molar-refractivity contribution >= 4 is 5.97 Å². The molecule has 0 saturated heterocycles. The maximum Gasteiger partial charge on any atom is 0.335 e. The summed E-state index contributed by atoms with van der Waals surface area (Å²) in [6.07, 6.45) is 3.82. The lowest BCUT2D eigenvalue weighted by Crippen LogP contribution is -2.56. The maximum absolute atomic E-state index is 10.8. The predicted octanol–water partition coefficient (Wildman–Crippen LogP) is 1.96. The van der Waals surface area contributed by atoms with Gasteiger partial charge in [0.05, 0.1) is 5.56 Å². The van der Waals surface area contributed by atoms with Crippen LogP contribution in [0.2, 0.25) is 0 Å². The van der Waals surface area contributed by atoms with Gasteiger partial charge in [-0.15, -0.1) is 0 Å². The molecule has 1 saturated carbocycles.